The van der Waals surface area contributed by atoms with Crippen molar-refractivity contribution in [2.75, 3.05) is 5.32 Å². The maximum absolute atomic E-state index is 12.8. The Kier molecular flexibility index (Phi) is 3.24. The largest absolute Gasteiger partial charge is 0.378 e. The molecule has 16 heavy (non-hydrogen) atoms. The first-order valence-corrected chi connectivity index (χ1v) is 5.62. The second-order valence-corrected chi connectivity index (χ2v) is 4.31. The van der Waals surface area contributed by atoms with E-state index < -0.39 is 0 Å². The Morgan fingerprint density at radius 3 is 2.88 bits per heavy atom. The van der Waals surface area contributed by atoms with E-state index >= 15 is 0 Å². The van der Waals surface area contributed by atoms with Crippen LogP contribution in [-0.4, -0.2) is 9.78 Å². The summed E-state index contributed by atoms with van der Waals surface area (Å²) in [6.45, 7) is 0.616. The van der Waals surface area contributed by atoms with Crippen LogP contribution < -0.4 is 5.32 Å². The number of aromatic nitrogens is 2. The highest BCUT2D eigenvalue weighted by Crippen LogP contribution is 2.23. The normalized spacial score (nSPS) is 10.4. The number of anilines is 1. The van der Waals surface area contributed by atoms with Gasteiger partial charge in [0.05, 0.1) is 12.2 Å². The zero-order valence-corrected chi connectivity index (χ0v) is 10.3. The van der Waals surface area contributed by atoms with Crippen LogP contribution in [0.3, 0.4) is 0 Å². The van der Waals surface area contributed by atoms with Crippen molar-refractivity contribution in [1.82, 2.24) is 9.78 Å². The van der Waals surface area contributed by atoms with E-state index in [1.54, 1.807) is 10.7 Å². The van der Waals surface area contributed by atoms with Crippen molar-refractivity contribution in [1.29, 1.82) is 0 Å². The van der Waals surface area contributed by atoms with Gasteiger partial charge in [-0.25, -0.2) is 4.39 Å². The first-order chi connectivity index (χ1) is 7.65. The predicted molar refractivity (Wildman–Crippen MR) is 64.6 cm³/mol. The molecule has 2 aromatic rings. The van der Waals surface area contributed by atoms with Crippen molar-refractivity contribution in [2.45, 2.75) is 6.54 Å². The standard InChI is InChI=1S/C11H11BrFN3/c1-16-5-4-9(15-16)7-14-11-3-2-8(13)6-10(11)12/h2-6,14H,7H2,1H3. The van der Waals surface area contributed by atoms with E-state index in [0.717, 1.165) is 11.4 Å². The van der Waals surface area contributed by atoms with Crippen LogP contribution in [0, 0.1) is 5.82 Å². The molecular formula is C11H11BrFN3. The molecule has 1 heterocycles. The van der Waals surface area contributed by atoms with Gasteiger partial charge in [-0.3, -0.25) is 4.68 Å². The third kappa shape index (κ3) is 2.61. The molecular weight excluding hydrogens is 273 g/mol. The Bertz CT molecular complexity index is 496. The van der Waals surface area contributed by atoms with Gasteiger partial charge in [0, 0.05) is 23.4 Å². The molecule has 0 aliphatic rings. The SMILES string of the molecule is Cn1ccc(CNc2ccc(F)cc2Br)n1. The molecule has 3 nitrogen and oxygen atoms in total. The number of nitrogens with one attached hydrogen (secondary N) is 1. The summed E-state index contributed by atoms with van der Waals surface area (Å²) in [6.07, 6.45) is 1.89. The fraction of sp³-hybridized carbons (Fsp3) is 0.182. The van der Waals surface area contributed by atoms with Gasteiger partial charge in [0.1, 0.15) is 5.82 Å². The average molecular weight is 284 g/mol. The zero-order valence-electron chi connectivity index (χ0n) is 8.74. The lowest BCUT2D eigenvalue weighted by Crippen LogP contribution is -2.01. The maximum Gasteiger partial charge on any atom is 0.124 e. The van der Waals surface area contributed by atoms with E-state index in [1.807, 2.05) is 19.3 Å². The summed E-state index contributed by atoms with van der Waals surface area (Å²) in [5.74, 6) is -0.254. The Morgan fingerprint density at radius 1 is 1.44 bits per heavy atom. The molecule has 0 radical (unpaired) electrons. The first-order valence-electron chi connectivity index (χ1n) is 4.82. The van der Waals surface area contributed by atoms with Gasteiger partial charge in [-0.05, 0) is 40.2 Å². The first kappa shape index (κ1) is 11.1. The second kappa shape index (κ2) is 4.65. The molecule has 1 N–H and O–H groups in total. The highest BCUT2D eigenvalue weighted by atomic mass is 79.9. The summed E-state index contributed by atoms with van der Waals surface area (Å²) >= 11 is 3.30. The number of nitrogens with zero attached hydrogens (tertiary/aromatic N) is 2. The molecule has 84 valence electrons. The quantitative estimate of drug-likeness (QED) is 0.939. The molecule has 1 aromatic carbocycles. The number of halogens is 2. The lowest BCUT2D eigenvalue weighted by Gasteiger charge is -2.06. The summed E-state index contributed by atoms with van der Waals surface area (Å²) in [4.78, 5) is 0. The molecule has 0 unspecified atom stereocenters. The predicted octanol–water partition coefficient (Wildman–Crippen LogP) is 2.93. The fourth-order valence-corrected chi connectivity index (χ4v) is 1.87. The van der Waals surface area contributed by atoms with E-state index in [4.69, 9.17) is 0 Å². The fourth-order valence-electron chi connectivity index (χ4n) is 1.38. The Hall–Kier alpha value is -1.36. The van der Waals surface area contributed by atoms with Gasteiger partial charge < -0.3 is 5.32 Å². The summed E-state index contributed by atoms with van der Waals surface area (Å²) < 4.78 is 15.3. The summed E-state index contributed by atoms with van der Waals surface area (Å²) in [6, 6.07) is 6.49. The molecule has 2 rings (SSSR count). The van der Waals surface area contributed by atoms with E-state index in [1.165, 1.54) is 12.1 Å². The van der Waals surface area contributed by atoms with Gasteiger partial charge in [0.25, 0.3) is 0 Å². The van der Waals surface area contributed by atoms with Crippen LogP contribution in [0.5, 0.6) is 0 Å². The second-order valence-electron chi connectivity index (χ2n) is 3.46. The molecule has 1 aromatic heterocycles. The highest BCUT2D eigenvalue weighted by Gasteiger charge is 2.02. The van der Waals surface area contributed by atoms with Crippen molar-refractivity contribution in [3.8, 4) is 0 Å². The number of rotatable bonds is 3. The van der Waals surface area contributed by atoms with Crippen LogP contribution in [0.2, 0.25) is 0 Å². The van der Waals surface area contributed by atoms with Crippen LogP contribution >= 0.6 is 15.9 Å². The van der Waals surface area contributed by atoms with E-state index in [-0.39, 0.29) is 5.82 Å². The summed E-state index contributed by atoms with van der Waals surface area (Å²) in [7, 11) is 1.87. The third-order valence-electron chi connectivity index (χ3n) is 2.16. The van der Waals surface area contributed by atoms with Crippen molar-refractivity contribution < 1.29 is 4.39 Å². The molecule has 0 saturated carbocycles. The molecule has 0 atom stereocenters. The Labute approximate surface area is 101 Å². The maximum atomic E-state index is 12.8. The monoisotopic (exact) mass is 283 g/mol. The van der Waals surface area contributed by atoms with Crippen molar-refractivity contribution in [2.24, 2.45) is 7.05 Å². The van der Waals surface area contributed by atoms with Gasteiger partial charge in [0.2, 0.25) is 0 Å². The van der Waals surface area contributed by atoms with Crippen LogP contribution in [0.4, 0.5) is 10.1 Å². The Morgan fingerprint density at radius 2 is 2.25 bits per heavy atom. The minimum Gasteiger partial charge on any atom is -0.378 e. The molecule has 0 aliphatic heterocycles. The van der Waals surface area contributed by atoms with Crippen LogP contribution in [0.25, 0.3) is 0 Å². The van der Waals surface area contributed by atoms with Gasteiger partial charge >= 0.3 is 0 Å². The molecule has 0 aliphatic carbocycles. The number of benzene rings is 1. The highest BCUT2D eigenvalue weighted by molar-refractivity contribution is 9.10. The van der Waals surface area contributed by atoms with Gasteiger partial charge in [0.15, 0.2) is 0 Å². The van der Waals surface area contributed by atoms with Gasteiger partial charge in [-0.1, -0.05) is 0 Å². The summed E-state index contributed by atoms with van der Waals surface area (Å²) in [5, 5.41) is 7.42. The van der Waals surface area contributed by atoms with E-state index in [2.05, 4.69) is 26.3 Å². The van der Waals surface area contributed by atoms with Crippen molar-refractivity contribution in [3.63, 3.8) is 0 Å². The van der Waals surface area contributed by atoms with Crippen molar-refractivity contribution in [3.05, 3.63) is 46.4 Å². The molecule has 0 spiro atoms. The molecule has 0 fully saturated rings. The summed E-state index contributed by atoms with van der Waals surface area (Å²) in [5.41, 5.74) is 1.80. The molecule has 0 amide bonds. The van der Waals surface area contributed by atoms with E-state index in [9.17, 15) is 4.39 Å². The van der Waals surface area contributed by atoms with Gasteiger partial charge in [-0.2, -0.15) is 5.10 Å². The number of hydrogen-bond acceptors (Lipinski definition) is 2. The minimum absolute atomic E-state index is 0.254. The van der Waals surface area contributed by atoms with Gasteiger partial charge in [-0.15, -0.1) is 0 Å². The van der Waals surface area contributed by atoms with Crippen molar-refractivity contribution >= 4 is 21.6 Å². The zero-order chi connectivity index (χ0) is 11.5. The topological polar surface area (TPSA) is 29.9 Å². The van der Waals surface area contributed by atoms with Crippen LogP contribution in [-0.2, 0) is 13.6 Å². The third-order valence-corrected chi connectivity index (χ3v) is 2.82. The number of aryl methyl sites for hydroxylation is 1. The van der Waals surface area contributed by atoms with E-state index in [0.29, 0.717) is 11.0 Å². The number of hydrogen-bond donors (Lipinski definition) is 1. The molecule has 5 heteroatoms. The lowest BCUT2D eigenvalue weighted by atomic mass is 10.3. The average Bonchev–Trinajstić information content (AvgIpc) is 2.63. The lowest BCUT2D eigenvalue weighted by molar-refractivity contribution is 0.627. The Balaban J connectivity index is 2.04. The minimum atomic E-state index is -0.254. The molecule has 0 bridgehead atoms. The smallest absolute Gasteiger partial charge is 0.124 e. The molecule has 0 saturated heterocycles. The van der Waals surface area contributed by atoms with Crippen LogP contribution in [0.1, 0.15) is 5.69 Å². The van der Waals surface area contributed by atoms with Crippen LogP contribution in [0.15, 0.2) is 34.9 Å².